The first kappa shape index (κ1) is 11.9. The van der Waals surface area contributed by atoms with E-state index in [1.165, 1.54) is 32.1 Å². The highest BCUT2D eigenvalue weighted by Gasteiger charge is 2.19. The van der Waals surface area contributed by atoms with Crippen LogP contribution in [-0.2, 0) is 0 Å². The SMILES string of the molecule is OCCN(CCCF)C1CCCCC1. The molecule has 14 heavy (non-hydrogen) atoms. The van der Waals surface area contributed by atoms with Gasteiger partial charge in [0.05, 0.1) is 13.3 Å². The number of hydrogen-bond acceptors (Lipinski definition) is 2. The van der Waals surface area contributed by atoms with E-state index in [4.69, 9.17) is 5.11 Å². The van der Waals surface area contributed by atoms with Gasteiger partial charge in [0.25, 0.3) is 0 Å². The highest BCUT2D eigenvalue weighted by atomic mass is 19.1. The minimum atomic E-state index is -0.241. The number of rotatable bonds is 6. The molecule has 0 aromatic heterocycles. The highest BCUT2D eigenvalue weighted by molar-refractivity contribution is 4.75. The van der Waals surface area contributed by atoms with Crippen LogP contribution in [0.4, 0.5) is 4.39 Å². The summed E-state index contributed by atoms with van der Waals surface area (Å²) >= 11 is 0. The fourth-order valence-corrected chi connectivity index (χ4v) is 2.31. The summed E-state index contributed by atoms with van der Waals surface area (Å²) in [7, 11) is 0. The Labute approximate surface area is 86.1 Å². The quantitative estimate of drug-likeness (QED) is 0.713. The highest BCUT2D eigenvalue weighted by Crippen LogP contribution is 2.22. The van der Waals surface area contributed by atoms with E-state index in [0.29, 0.717) is 19.0 Å². The zero-order chi connectivity index (χ0) is 10.2. The lowest BCUT2D eigenvalue weighted by Crippen LogP contribution is -2.39. The Kier molecular flexibility index (Phi) is 6.12. The summed E-state index contributed by atoms with van der Waals surface area (Å²) in [5.74, 6) is 0. The van der Waals surface area contributed by atoms with Gasteiger partial charge < -0.3 is 5.11 Å². The van der Waals surface area contributed by atoms with Crippen LogP contribution in [0.15, 0.2) is 0 Å². The summed E-state index contributed by atoms with van der Waals surface area (Å²) in [5, 5.41) is 8.93. The maximum atomic E-state index is 12.1. The van der Waals surface area contributed by atoms with E-state index in [1.807, 2.05) is 0 Å². The van der Waals surface area contributed by atoms with E-state index in [0.717, 1.165) is 6.54 Å². The molecule has 0 saturated heterocycles. The summed E-state index contributed by atoms with van der Waals surface area (Å²) in [5.41, 5.74) is 0. The second kappa shape index (κ2) is 7.18. The van der Waals surface area contributed by atoms with Crippen molar-refractivity contribution in [2.24, 2.45) is 0 Å². The lowest BCUT2D eigenvalue weighted by atomic mass is 9.94. The monoisotopic (exact) mass is 203 g/mol. The Morgan fingerprint density at radius 1 is 1.14 bits per heavy atom. The van der Waals surface area contributed by atoms with Crippen molar-refractivity contribution in [1.82, 2.24) is 4.90 Å². The average Bonchev–Trinajstić information content (AvgIpc) is 2.25. The van der Waals surface area contributed by atoms with Crippen molar-refractivity contribution in [3.8, 4) is 0 Å². The van der Waals surface area contributed by atoms with Crippen LogP contribution < -0.4 is 0 Å². The number of alkyl halides is 1. The third-order valence-corrected chi connectivity index (χ3v) is 3.06. The maximum Gasteiger partial charge on any atom is 0.0906 e. The van der Waals surface area contributed by atoms with Crippen LogP contribution in [0, 0.1) is 0 Å². The van der Waals surface area contributed by atoms with E-state index >= 15 is 0 Å². The van der Waals surface area contributed by atoms with Crippen molar-refractivity contribution in [2.75, 3.05) is 26.4 Å². The van der Waals surface area contributed by atoms with E-state index in [2.05, 4.69) is 4.90 Å². The van der Waals surface area contributed by atoms with Gasteiger partial charge in [0, 0.05) is 19.1 Å². The van der Waals surface area contributed by atoms with E-state index < -0.39 is 0 Å². The summed E-state index contributed by atoms with van der Waals surface area (Å²) < 4.78 is 12.1. The standard InChI is InChI=1S/C11H22FNO/c12-7-4-8-13(9-10-14)11-5-2-1-3-6-11/h11,14H,1-10H2. The molecule has 2 nitrogen and oxygen atoms in total. The smallest absolute Gasteiger partial charge is 0.0906 e. The molecule has 1 rings (SSSR count). The maximum absolute atomic E-state index is 12.1. The zero-order valence-electron chi connectivity index (χ0n) is 8.92. The largest absolute Gasteiger partial charge is 0.395 e. The minimum Gasteiger partial charge on any atom is -0.395 e. The summed E-state index contributed by atoms with van der Waals surface area (Å²) in [6, 6.07) is 0.599. The minimum absolute atomic E-state index is 0.197. The van der Waals surface area contributed by atoms with Crippen molar-refractivity contribution in [1.29, 1.82) is 0 Å². The Hall–Kier alpha value is -0.150. The summed E-state index contributed by atoms with van der Waals surface area (Å²) in [6.45, 7) is 1.48. The number of aliphatic hydroxyl groups excluding tert-OH is 1. The molecule has 1 aliphatic rings. The lowest BCUT2D eigenvalue weighted by Gasteiger charge is -2.33. The van der Waals surface area contributed by atoms with Crippen LogP contribution in [0.5, 0.6) is 0 Å². The third-order valence-electron chi connectivity index (χ3n) is 3.06. The molecular weight excluding hydrogens is 181 g/mol. The number of halogens is 1. The molecule has 84 valence electrons. The molecule has 3 heteroatoms. The number of hydrogen-bond donors (Lipinski definition) is 1. The first-order valence-corrected chi connectivity index (χ1v) is 5.79. The van der Waals surface area contributed by atoms with Crippen LogP contribution in [0.3, 0.4) is 0 Å². The van der Waals surface area contributed by atoms with Crippen LogP contribution in [0.1, 0.15) is 38.5 Å². The average molecular weight is 203 g/mol. The summed E-state index contributed by atoms with van der Waals surface area (Å²) in [6.07, 6.45) is 6.99. The van der Waals surface area contributed by atoms with Crippen molar-refractivity contribution in [3.05, 3.63) is 0 Å². The van der Waals surface area contributed by atoms with Gasteiger partial charge in [0.1, 0.15) is 0 Å². The van der Waals surface area contributed by atoms with Gasteiger partial charge in [0.2, 0.25) is 0 Å². The molecule has 1 fully saturated rings. The molecule has 0 spiro atoms. The number of aliphatic hydroxyl groups is 1. The van der Waals surface area contributed by atoms with E-state index in [1.54, 1.807) is 0 Å². The normalized spacial score (nSPS) is 19.1. The molecule has 0 aliphatic heterocycles. The van der Waals surface area contributed by atoms with Gasteiger partial charge >= 0.3 is 0 Å². The topological polar surface area (TPSA) is 23.5 Å². The predicted octanol–water partition coefficient (Wildman–Crippen LogP) is 1.97. The molecule has 0 heterocycles. The van der Waals surface area contributed by atoms with Crippen molar-refractivity contribution < 1.29 is 9.50 Å². The summed E-state index contributed by atoms with van der Waals surface area (Å²) in [4.78, 5) is 2.26. The first-order valence-electron chi connectivity index (χ1n) is 5.79. The third kappa shape index (κ3) is 3.93. The Morgan fingerprint density at radius 2 is 1.86 bits per heavy atom. The Bertz CT molecular complexity index is 137. The Balaban J connectivity index is 2.30. The van der Waals surface area contributed by atoms with Crippen LogP contribution in [-0.4, -0.2) is 42.4 Å². The van der Waals surface area contributed by atoms with Crippen LogP contribution in [0.25, 0.3) is 0 Å². The van der Waals surface area contributed by atoms with Gasteiger partial charge in [0.15, 0.2) is 0 Å². The Morgan fingerprint density at radius 3 is 2.43 bits per heavy atom. The molecule has 0 aromatic rings. The van der Waals surface area contributed by atoms with Crippen molar-refractivity contribution in [3.63, 3.8) is 0 Å². The molecule has 0 aromatic carbocycles. The van der Waals surface area contributed by atoms with Gasteiger partial charge in [-0.15, -0.1) is 0 Å². The second-order valence-electron chi connectivity index (χ2n) is 4.09. The molecule has 1 aliphatic carbocycles. The van der Waals surface area contributed by atoms with E-state index in [-0.39, 0.29) is 13.3 Å². The lowest BCUT2D eigenvalue weighted by molar-refractivity contribution is 0.120. The fourth-order valence-electron chi connectivity index (χ4n) is 2.31. The molecule has 0 bridgehead atoms. The molecule has 0 unspecified atom stereocenters. The molecular formula is C11H22FNO. The number of nitrogens with zero attached hydrogens (tertiary/aromatic N) is 1. The zero-order valence-corrected chi connectivity index (χ0v) is 8.92. The van der Waals surface area contributed by atoms with Gasteiger partial charge in [-0.1, -0.05) is 19.3 Å². The molecule has 1 N–H and O–H groups in total. The fraction of sp³-hybridized carbons (Fsp3) is 1.00. The van der Waals surface area contributed by atoms with Gasteiger partial charge in [-0.25, -0.2) is 0 Å². The second-order valence-corrected chi connectivity index (χ2v) is 4.09. The van der Waals surface area contributed by atoms with E-state index in [9.17, 15) is 4.39 Å². The van der Waals surface area contributed by atoms with Gasteiger partial charge in [-0.3, -0.25) is 9.29 Å². The van der Waals surface area contributed by atoms with Crippen LogP contribution >= 0.6 is 0 Å². The van der Waals surface area contributed by atoms with Gasteiger partial charge in [-0.05, 0) is 19.3 Å². The molecule has 0 radical (unpaired) electrons. The van der Waals surface area contributed by atoms with Crippen molar-refractivity contribution >= 4 is 0 Å². The van der Waals surface area contributed by atoms with Crippen LogP contribution in [0.2, 0.25) is 0 Å². The van der Waals surface area contributed by atoms with Crippen molar-refractivity contribution in [2.45, 2.75) is 44.6 Å². The molecule has 0 atom stereocenters. The first-order chi connectivity index (χ1) is 6.88. The molecule has 1 saturated carbocycles. The molecule has 0 amide bonds. The predicted molar refractivity (Wildman–Crippen MR) is 56.1 cm³/mol. The van der Waals surface area contributed by atoms with Gasteiger partial charge in [-0.2, -0.15) is 0 Å².